The smallest absolute Gasteiger partial charge is 0.0658 e. The van der Waals surface area contributed by atoms with Gasteiger partial charge < -0.3 is 4.57 Å². The average molecular weight is 278 g/mol. The predicted molar refractivity (Wildman–Crippen MR) is 93.6 cm³/mol. The minimum Gasteiger partial charge on any atom is -0.350 e. The zero-order chi connectivity index (χ0) is 15.4. The number of nitrogens with zero attached hydrogens (tertiary/aromatic N) is 2. The van der Waals surface area contributed by atoms with Crippen LogP contribution in [0.25, 0.3) is 16.5 Å². The number of para-hydroxylation sites is 1. The van der Waals surface area contributed by atoms with Crippen molar-refractivity contribution in [1.82, 2.24) is 4.57 Å². The fraction of sp³-hybridized carbons (Fsp3) is 0.211. The van der Waals surface area contributed by atoms with Crippen molar-refractivity contribution in [2.45, 2.75) is 20.8 Å². The Bertz CT molecular complexity index is 755. The molecule has 0 atom stereocenters. The maximum absolute atomic E-state index is 4.38. The van der Waals surface area contributed by atoms with Crippen LogP contribution >= 0.6 is 0 Å². The van der Waals surface area contributed by atoms with Crippen molar-refractivity contribution in [1.29, 1.82) is 0 Å². The van der Waals surface area contributed by atoms with Gasteiger partial charge in [-0.3, -0.25) is 4.99 Å². The Balaban J connectivity index is 2.65. The first-order chi connectivity index (χ1) is 10.1. The highest BCUT2D eigenvalue weighted by atomic mass is 14.9. The molecule has 0 aliphatic heterocycles. The molecule has 0 saturated heterocycles. The average Bonchev–Trinajstić information content (AvgIpc) is 2.83. The summed E-state index contributed by atoms with van der Waals surface area (Å²) in [6.45, 7) is 9.96. The van der Waals surface area contributed by atoms with Gasteiger partial charge in [0.25, 0.3) is 0 Å². The number of aliphatic imine (C=N–C) groups is 1. The van der Waals surface area contributed by atoms with E-state index in [0.29, 0.717) is 0 Å². The molecule has 0 unspecified atom stereocenters. The molecule has 0 fully saturated rings. The number of hydrogen-bond acceptors (Lipinski definition) is 1. The molecule has 0 spiro atoms. The molecular weight excluding hydrogens is 256 g/mol. The molecule has 0 amide bonds. The van der Waals surface area contributed by atoms with Gasteiger partial charge in [-0.25, -0.2) is 0 Å². The summed E-state index contributed by atoms with van der Waals surface area (Å²) in [5.41, 5.74) is 5.87. The van der Waals surface area contributed by atoms with E-state index in [4.69, 9.17) is 0 Å². The highest BCUT2D eigenvalue weighted by Gasteiger charge is 2.11. The molecule has 0 radical (unpaired) electrons. The molecule has 0 aliphatic rings. The van der Waals surface area contributed by atoms with Gasteiger partial charge in [-0.05, 0) is 44.1 Å². The van der Waals surface area contributed by atoms with Gasteiger partial charge >= 0.3 is 0 Å². The van der Waals surface area contributed by atoms with Crippen molar-refractivity contribution in [2.75, 3.05) is 0 Å². The Morgan fingerprint density at radius 1 is 1.24 bits per heavy atom. The lowest BCUT2D eigenvalue weighted by Crippen LogP contribution is -1.98. The van der Waals surface area contributed by atoms with Crippen LogP contribution in [0.15, 0.2) is 66.0 Å². The molecule has 1 aromatic carbocycles. The quantitative estimate of drug-likeness (QED) is 0.690. The second-order valence-corrected chi connectivity index (χ2v) is 5.12. The standard InChI is InChI=1S/C19H22N2/c1-6-10-18(20-7-2)15(4)14(3)17-13-21(5)19-12-9-8-11-16(17)19/h6-13H,2H2,1,3-5H3/b10-6-,15-14+,20-18-. The van der Waals surface area contributed by atoms with Crippen molar-refractivity contribution in [3.8, 4) is 0 Å². The monoisotopic (exact) mass is 278 g/mol. The minimum absolute atomic E-state index is 0.956. The number of rotatable bonds is 4. The third-order valence-corrected chi connectivity index (χ3v) is 3.80. The van der Waals surface area contributed by atoms with Crippen molar-refractivity contribution < 1.29 is 0 Å². The Labute approximate surface area is 126 Å². The third kappa shape index (κ3) is 2.89. The number of hydrogen-bond donors (Lipinski definition) is 0. The highest BCUT2D eigenvalue weighted by Crippen LogP contribution is 2.29. The van der Waals surface area contributed by atoms with Crippen LogP contribution in [0.1, 0.15) is 26.3 Å². The van der Waals surface area contributed by atoms with E-state index in [1.165, 1.54) is 27.6 Å². The maximum atomic E-state index is 4.38. The Morgan fingerprint density at radius 2 is 1.95 bits per heavy atom. The highest BCUT2D eigenvalue weighted by molar-refractivity contribution is 6.13. The molecule has 0 N–H and O–H groups in total. The van der Waals surface area contributed by atoms with Crippen LogP contribution in [0, 0.1) is 0 Å². The van der Waals surface area contributed by atoms with E-state index in [-0.39, 0.29) is 0 Å². The molecule has 0 bridgehead atoms. The Kier molecular flexibility index (Phi) is 4.59. The van der Waals surface area contributed by atoms with E-state index < -0.39 is 0 Å². The van der Waals surface area contributed by atoms with Gasteiger partial charge in [-0.1, -0.05) is 30.9 Å². The summed E-state index contributed by atoms with van der Waals surface area (Å²) < 4.78 is 2.17. The first-order valence-corrected chi connectivity index (χ1v) is 7.13. The van der Waals surface area contributed by atoms with E-state index >= 15 is 0 Å². The van der Waals surface area contributed by atoms with Crippen molar-refractivity contribution >= 4 is 22.2 Å². The maximum Gasteiger partial charge on any atom is 0.0658 e. The second-order valence-electron chi connectivity index (χ2n) is 5.12. The molecule has 2 nitrogen and oxygen atoms in total. The topological polar surface area (TPSA) is 17.3 Å². The van der Waals surface area contributed by atoms with Crippen LogP contribution in [0.3, 0.4) is 0 Å². The molecule has 2 rings (SSSR count). The minimum atomic E-state index is 0.956. The predicted octanol–water partition coefficient (Wildman–Crippen LogP) is 5.13. The zero-order valence-electron chi connectivity index (χ0n) is 13.2. The summed E-state index contributed by atoms with van der Waals surface area (Å²) in [5.74, 6) is 0. The van der Waals surface area contributed by atoms with Crippen LogP contribution in [0.4, 0.5) is 0 Å². The number of aromatic nitrogens is 1. The van der Waals surface area contributed by atoms with Gasteiger partial charge in [-0.15, -0.1) is 0 Å². The van der Waals surface area contributed by atoms with Crippen LogP contribution in [-0.4, -0.2) is 10.3 Å². The summed E-state index contributed by atoms with van der Waals surface area (Å²) in [6.07, 6.45) is 7.80. The fourth-order valence-corrected chi connectivity index (χ4v) is 2.56. The number of allylic oxidation sites excluding steroid dienone is 4. The van der Waals surface area contributed by atoms with E-state index in [0.717, 1.165) is 5.71 Å². The van der Waals surface area contributed by atoms with E-state index in [2.05, 4.69) is 67.5 Å². The second kappa shape index (κ2) is 6.40. The summed E-state index contributed by atoms with van der Waals surface area (Å²) in [5, 5.41) is 1.27. The van der Waals surface area contributed by atoms with E-state index in [1.807, 2.05) is 19.1 Å². The van der Waals surface area contributed by atoms with Gasteiger partial charge in [0, 0.05) is 35.9 Å². The first-order valence-electron chi connectivity index (χ1n) is 7.13. The normalized spacial score (nSPS) is 13.8. The van der Waals surface area contributed by atoms with Crippen LogP contribution < -0.4 is 0 Å². The summed E-state index contributed by atoms with van der Waals surface area (Å²) in [4.78, 5) is 4.38. The molecule has 1 aromatic heterocycles. The summed E-state index contributed by atoms with van der Waals surface area (Å²) in [6, 6.07) is 8.47. The van der Waals surface area contributed by atoms with Crippen LogP contribution in [0.5, 0.6) is 0 Å². The molecule has 0 aliphatic carbocycles. The van der Waals surface area contributed by atoms with Crippen LogP contribution in [-0.2, 0) is 7.05 Å². The SMILES string of the molecule is C=C/N=C(/C=C\C)C(\C)=C(/C)c1cn(C)c2ccccc12. The fourth-order valence-electron chi connectivity index (χ4n) is 2.56. The number of aryl methyl sites for hydroxylation is 1. The van der Waals surface area contributed by atoms with Gasteiger partial charge in [0.2, 0.25) is 0 Å². The molecule has 2 aromatic rings. The first kappa shape index (κ1) is 15.0. The van der Waals surface area contributed by atoms with Crippen molar-refractivity contribution in [2.24, 2.45) is 12.0 Å². The molecular formula is C19H22N2. The molecule has 108 valence electrons. The molecule has 1 heterocycles. The lowest BCUT2D eigenvalue weighted by atomic mass is 9.98. The van der Waals surface area contributed by atoms with Gasteiger partial charge in [0.1, 0.15) is 0 Å². The molecule has 2 heteroatoms. The summed E-state index contributed by atoms with van der Waals surface area (Å²) >= 11 is 0. The van der Waals surface area contributed by atoms with Crippen LogP contribution in [0.2, 0.25) is 0 Å². The number of fused-ring (bicyclic) bond motifs is 1. The molecule has 0 saturated carbocycles. The van der Waals surface area contributed by atoms with Crippen molar-refractivity contribution in [3.05, 3.63) is 66.5 Å². The third-order valence-electron chi connectivity index (χ3n) is 3.80. The van der Waals surface area contributed by atoms with Gasteiger partial charge in [0.05, 0.1) is 5.71 Å². The lowest BCUT2D eigenvalue weighted by molar-refractivity contribution is 0.967. The Morgan fingerprint density at radius 3 is 2.62 bits per heavy atom. The van der Waals surface area contributed by atoms with Crippen molar-refractivity contribution in [3.63, 3.8) is 0 Å². The lowest BCUT2D eigenvalue weighted by Gasteiger charge is -2.07. The Hall–Kier alpha value is -2.35. The largest absolute Gasteiger partial charge is 0.350 e. The number of benzene rings is 1. The van der Waals surface area contributed by atoms with E-state index in [9.17, 15) is 0 Å². The summed E-state index contributed by atoms with van der Waals surface area (Å²) in [7, 11) is 2.08. The van der Waals surface area contributed by atoms with Gasteiger partial charge in [-0.2, -0.15) is 0 Å². The molecule has 21 heavy (non-hydrogen) atoms. The van der Waals surface area contributed by atoms with E-state index in [1.54, 1.807) is 6.20 Å². The van der Waals surface area contributed by atoms with Gasteiger partial charge in [0.15, 0.2) is 0 Å². The zero-order valence-corrected chi connectivity index (χ0v) is 13.2.